The second kappa shape index (κ2) is 11.3. The largest absolute Gasteiger partial charge is 0.497 e. The fourth-order valence-electron chi connectivity index (χ4n) is 6.25. The van der Waals surface area contributed by atoms with Crippen LogP contribution in [0, 0.1) is 11.8 Å². The van der Waals surface area contributed by atoms with Crippen LogP contribution in [0.15, 0.2) is 29.4 Å². The molecular weight excluding hydrogens is 474 g/mol. The monoisotopic (exact) mass is 513 g/mol. The number of nitrogens with one attached hydrogen (secondary N) is 2. The van der Waals surface area contributed by atoms with Crippen LogP contribution >= 0.6 is 11.8 Å². The highest BCUT2D eigenvalue weighted by atomic mass is 32.2. The Morgan fingerprint density at radius 1 is 1.22 bits per heavy atom. The molecule has 4 unspecified atom stereocenters. The highest BCUT2D eigenvalue weighted by molar-refractivity contribution is 8.13. The molecule has 0 radical (unpaired) electrons. The van der Waals surface area contributed by atoms with Crippen molar-refractivity contribution in [3.8, 4) is 5.75 Å². The number of hydrogen-bond donors (Lipinski definition) is 2. The van der Waals surface area contributed by atoms with Gasteiger partial charge in [-0.1, -0.05) is 50.1 Å². The quantitative estimate of drug-likeness (QED) is 0.576. The Balaban J connectivity index is 1.31. The van der Waals surface area contributed by atoms with Gasteiger partial charge in [-0.15, -0.1) is 0 Å². The third-order valence-corrected chi connectivity index (χ3v) is 9.16. The van der Waals surface area contributed by atoms with Crippen molar-refractivity contribution in [3.05, 3.63) is 29.8 Å². The number of benzene rings is 1. The average molecular weight is 514 g/mol. The van der Waals surface area contributed by atoms with Gasteiger partial charge in [-0.25, -0.2) is 0 Å². The van der Waals surface area contributed by atoms with Gasteiger partial charge in [0.2, 0.25) is 11.8 Å². The van der Waals surface area contributed by atoms with E-state index in [-0.39, 0.29) is 36.0 Å². The zero-order chi connectivity index (χ0) is 25.1. The molecule has 4 aliphatic rings. The van der Waals surface area contributed by atoms with E-state index in [4.69, 9.17) is 4.74 Å². The van der Waals surface area contributed by atoms with Crippen LogP contribution in [0.1, 0.15) is 70.3 Å². The predicted octanol–water partition coefficient (Wildman–Crippen LogP) is 3.87. The molecule has 4 atom stereocenters. The van der Waals surface area contributed by atoms with E-state index in [1.165, 1.54) is 19.3 Å². The third kappa shape index (κ3) is 5.17. The Kier molecular flexibility index (Phi) is 7.93. The lowest BCUT2D eigenvalue weighted by molar-refractivity contribution is -0.157. The van der Waals surface area contributed by atoms with E-state index >= 15 is 0 Å². The maximum atomic E-state index is 13.5. The van der Waals surface area contributed by atoms with E-state index in [0.29, 0.717) is 19.0 Å². The standard InChI is InChI=1S/C27H39N5O3S/c1-3-14-31-25(34)22-13-12-19(24(33)28-20-9-5-4-6-10-20)16-23(22)32-26(31)29-30-27(32)36-17-18-8-7-11-21(15-18)35-2/h7-8,11,15,19-20,22-23,26,29H,3-6,9-10,12-14,16-17H2,1-2H3,(H,28,33). The summed E-state index contributed by atoms with van der Waals surface area (Å²) in [6.45, 7) is 2.80. The van der Waals surface area contributed by atoms with Crippen LogP contribution in [-0.4, -0.2) is 58.8 Å². The Labute approximate surface area is 218 Å². The Morgan fingerprint density at radius 3 is 2.83 bits per heavy atom. The number of hydrazone groups is 1. The summed E-state index contributed by atoms with van der Waals surface area (Å²) in [4.78, 5) is 31.0. The van der Waals surface area contributed by atoms with Gasteiger partial charge in [0.15, 0.2) is 11.5 Å². The molecule has 1 aromatic carbocycles. The number of rotatable bonds is 7. The number of carbonyl (C=O) groups is 2. The maximum Gasteiger partial charge on any atom is 0.230 e. The summed E-state index contributed by atoms with van der Waals surface area (Å²) in [5.74, 6) is 1.84. The average Bonchev–Trinajstić information content (AvgIpc) is 3.34. The molecule has 0 aromatic heterocycles. The topological polar surface area (TPSA) is 86.3 Å². The lowest BCUT2D eigenvalue weighted by Crippen LogP contribution is -2.68. The number of thioether (sulfide) groups is 1. The van der Waals surface area contributed by atoms with Crippen LogP contribution in [0.25, 0.3) is 0 Å². The van der Waals surface area contributed by atoms with Gasteiger partial charge in [0.05, 0.1) is 13.0 Å². The fourth-order valence-corrected chi connectivity index (χ4v) is 7.23. The summed E-state index contributed by atoms with van der Waals surface area (Å²) in [6.07, 6.45) is 8.71. The van der Waals surface area contributed by atoms with Crippen LogP contribution in [0.5, 0.6) is 5.75 Å². The SMILES string of the molecule is CCCN1C(=O)C2CCC(C(=O)NC3CCCCC3)CC2N2C(SCc3cccc(OC)c3)=NNC12. The Bertz CT molecular complexity index is 982. The van der Waals surface area contributed by atoms with Gasteiger partial charge in [0.25, 0.3) is 0 Å². The first-order valence-corrected chi connectivity index (χ1v) is 14.6. The van der Waals surface area contributed by atoms with Crippen molar-refractivity contribution >= 4 is 28.7 Å². The van der Waals surface area contributed by atoms with Gasteiger partial charge in [-0.05, 0) is 56.2 Å². The van der Waals surface area contributed by atoms with Crippen LogP contribution in [0.4, 0.5) is 0 Å². The first kappa shape index (κ1) is 25.2. The number of nitrogens with zero attached hydrogens (tertiary/aromatic N) is 3. The van der Waals surface area contributed by atoms with Crippen LogP contribution in [0.2, 0.25) is 0 Å². The molecule has 2 heterocycles. The summed E-state index contributed by atoms with van der Waals surface area (Å²) >= 11 is 1.68. The molecule has 5 rings (SSSR count). The molecule has 1 aromatic rings. The third-order valence-electron chi connectivity index (χ3n) is 8.12. The molecule has 2 saturated carbocycles. The minimum atomic E-state index is -0.272. The van der Waals surface area contributed by atoms with Crippen LogP contribution < -0.4 is 15.5 Å². The molecule has 2 amide bonds. The van der Waals surface area contributed by atoms with E-state index in [9.17, 15) is 9.59 Å². The van der Waals surface area contributed by atoms with Crippen molar-refractivity contribution in [1.82, 2.24) is 20.5 Å². The van der Waals surface area contributed by atoms with E-state index in [0.717, 1.165) is 54.3 Å². The Morgan fingerprint density at radius 2 is 2.06 bits per heavy atom. The van der Waals surface area contributed by atoms with Crippen LogP contribution in [-0.2, 0) is 15.3 Å². The lowest BCUT2D eigenvalue weighted by Gasteiger charge is -2.51. The van der Waals surface area contributed by atoms with E-state index in [1.807, 2.05) is 23.1 Å². The molecule has 1 saturated heterocycles. The van der Waals surface area contributed by atoms with E-state index < -0.39 is 0 Å². The van der Waals surface area contributed by atoms with Gasteiger partial charge in [0.1, 0.15) is 5.75 Å². The summed E-state index contributed by atoms with van der Waals surface area (Å²) in [7, 11) is 1.68. The molecule has 0 bridgehead atoms. The molecule has 36 heavy (non-hydrogen) atoms. The summed E-state index contributed by atoms with van der Waals surface area (Å²) in [6, 6.07) is 8.39. The number of hydrogen-bond acceptors (Lipinski definition) is 7. The first-order chi connectivity index (χ1) is 17.6. The van der Waals surface area contributed by atoms with Crippen molar-refractivity contribution in [3.63, 3.8) is 0 Å². The number of amidine groups is 1. The van der Waals surface area contributed by atoms with Crippen molar-refractivity contribution in [2.75, 3.05) is 13.7 Å². The molecule has 8 nitrogen and oxygen atoms in total. The minimum Gasteiger partial charge on any atom is -0.497 e. The molecule has 2 N–H and O–H groups in total. The van der Waals surface area contributed by atoms with Crippen molar-refractivity contribution < 1.29 is 14.3 Å². The zero-order valence-corrected chi connectivity index (χ0v) is 22.3. The first-order valence-electron chi connectivity index (χ1n) is 13.6. The van der Waals surface area contributed by atoms with Crippen LogP contribution in [0.3, 0.4) is 0 Å². The summed E-state index contributed by atoms with van der Waals surface area (Å²) < 4.78 is 5.38. The Hall–Kier alpha value is -2.42. The van der Waals surface area contributed by atoms with Crippen molar-refractivity contribution in [1.29, 1.82) is 0 Å². The van der Waals surface area contributed by atoms with E-state index in [1.54, 1.807) is 18.9 Å². The highest BCUT2D eigenvalue weighted by Gasteiger charge is 2.52. The smallest absolute Gasteiger partial charge is 0.230 e. The molecule has 3 fully saturated rings. The summed E-state index contributed by atoms with van der Waals surface area (Å²) in [5.41, 5.74) is 4.41. The molecule has 9 heteroatoms. The number of ether oxygens (including phenoxy) is 1. The minimum absolute atomic E-state index is 0.0157. The number of fused-ring (bicyclic) bond motifs is 3. The normalized spacial score (nSPS) is 28.2. The predicted molar refractivity (Wildman–Crippen MR) is 142 cm³/mol. The number of carbonyl (C=O) groups excluding carboxylic acids is 2. The van der Waals surface area contributed by atoms with Crippen molar-refractivity contribution in [2.45, 2.75) is 88.8 Å². The van der Waals surface area contributed by atoms with Gasteiger partial charge in [0, 0.05) is 30.3 Å². The van der Waals surface area contributed by atoms with Gasteiger partial charge >= 0.3 is 0 Å². The fraction of sp³-hybridized carbons (Fsp3) is 0.667. The van der Waals surface area contributed by atoms with Crippen molar-refractivity contribution in [2.24, 2.45) is 16.9 Å². The van der Waals surface area contributed by atoms with Gasteiger partial charge < -0.3 is 19.9 Å². The molecular formula is C27H39N5O3S. The molecule has 196 valence electrons. The van der Waals surface area contributed by atoms with Gasteiger partial charge in [-0.3, -0.25) is 15.0 Å². The van der Waals surface area contributed by atoms with E-state index in [2.05, 4.69) is 33.7 Å². The molecule has 2 aliphatic heterocycles. The number of methoxy groups -OCH3 is 1. The molecule has 0 spiro atoms. The highest BCUT2D eigenvalue weighted by Crippen LogP contribution is 2.41. The molecule has 2 aliphatic carbocycles. The zero-order valence-electron chi connectivity index (χ0n) is 21.4. The second-order valence-corrected chi connectivity index (χ2v) is 11.4. The maximum absolute atomic E-state index is 13.5. The number of amides is 2. The second-order valence-electron chi connectivity index (χ2n) is 10.5. The summed E-state index contributed by atoms with van der Waals surface area (Å²) in [5, 5.41) is 8.93. The van der Waals surface area contributed by atoms with Gasteiger partial charge in [-0.2, -0.15) is 5.10 Å². The lowest BCUT2D eigenvalue weighted by atomic mass is 9.75.